The maximum Gasteiger partial charge on any atom is 0.257 e. The van der Waals surface area contributed by atoms with Crippen LogP contribution in [0.25, 0.3) is 16.6 Å². The van der Waals surface area contributed by atoms with E-state index in [0.29, 0.717) is 16.8 Å². The van der Waals surface area contributed by atoms with Gasteiger partial charge in [0.1, 0.15) is 5.52 Å². The van der Waals surface area contributed by atoms with Crippen LogP contribution in [0.15, 0.2) is 41.3 Å². The fourth-order valence-electron chi connectivity index (χ4n) is 4.02. The molecule has 1 aliphatic rings. The Morgan fingerprint density at radius 2 is 2.00 bits per heavy atom. The molecule has 0 atom stereocenters. The van der Waals surface area contributed by atoms with Crippen molar-refractivity contribution in [2.45, 2.75) is 6.92 Å². The highest BCUT2D eigenvalue weighted by Gasteiger charge is 2.20. The van der Waals surface area contributed by atoms with Gasteiger partial charge in [0.15, 0.2) is 5.65 Å². The minimum atomic E-state index is -0.186. The number of carbonyl (C=O) groups excluding carboxylic acids is 1. The first-order valence-electron chi connectivity index (χ1n) is 9.88. The van der Waals surface area contributed by atoms with E-state index in [1.807, 2.05) is 55.2 Å². The number of amides is 1. The van der Waals surface area contributed by atoms with Gasteiger partial charge in [-0.25, -0.2) is 4.98 Å². The highest BCUT2D eigenvalue weighted by Crippen LogP contribution is 2.30. The van der Waals surface area contributed by atoms with Gasteiger partial charge in [-0.1, -0.05) is 0 Å². The second-order valence-electron chi connectivity index (χ2n) is 7.58. The fraction of sp³-hybridized carbons (Fsp3) is 0.286. The standard InChI is InChI=1S/C21H22BrN7O/c1-13-10-29-11-14(9-17(22)20(29)24-13)25-21(30)15-3-4-18(28-7-5-23-6-8-28)16-12-27(2)26-19(15)16/h3-4,9-12,23H,5-8H2,1-2H3,(H,25,30). The number of halogens is 1. The Morgan fingerprint density at radius 3 is 2.80 bits per heavy atom. The Kier molecular flexibility index (Phi) is 4.71. The van der Waals surface area contributed by atoms with Crippen molar-refractivity contribution in [2.75, 3.05) is 36.4 Å². The SMILES string of the molecule is Cc1cn2cc(NC(=O)c3ccc(N4CCNCC4)c4cn(C)nc34)cc(Br)c2n1. The van der Waals surface area contributed by atoms with Crippen LogP contribution >= 0.6 is 15.9 Å². The van der Waals surface area contributed by atoms with E-state index in [0.717, 1.165) is 53.1 Å². The fourth-order valence-corrected chi connectivity index (χ4v) is 4.56. The molecule has 5 rings (SSSR count). The van der Waals surface area contributed by atoms with Crippen LogP contribution in [0.1, 0.15) is 16.1 Å². The van der Waals surface area contributed by atoms with Crippen LogP contribution in [0.2, 0.25) is 0 Å². The maximum atomic E-state index is 13.2. The molecule has 1 aromatic carbocycles. The van der Waals surface area contributed by atoms with E-state index in [-0.39, 0.29) is 5.91 Å². The number of nitrogens with zero attached hydrogens (tertiary/aromatic N) is 5. The van der Waals surface area contributed by atoms with Gasteiger partial charge in [0, 0.05) is 62.9 Å². The number of imidazole rings is 1. The molecular formula is C21H22BrN7O. The molecule has 1 fully saturated rings. The number of hydrogen-bond donors (Lipinski definition) is 2. The molecule has 1 aliphatic heterocycles. The minimum Gasteiger partial charge on any atom is -0.368 e. The van der Waals surface area contributed by atoms with E-state index in [9.17, 15) is 4.79 Å². The summed E-state index contributed by atoms with van der Waals surface area (Å²) < 4.78 is 4.49. The molecule has 154 valence electrons. The maximum absolute atomic E-state index is 13.2. The molecule has 0 spiro atoms. The number of nitrogens with one attached hydrogen (secondary N) is 2. The summed E-state index contributed by atoms with van der Waals surface area (Å²) in [6.45, 7) is 5.72. The molecule has 4 heterocycles. The number of benzene rings is 1. The summed E-state index contributed by atoms with van der Waals surface area (Å²) >= 11 is 3.54. The molecule has 0 saturated carbocycles. The van der Waals surface area contributed by atoms with Gasteiger partial charge < -0.3 is 19.9 Å². The summed E-state index contributed by atoms with van der Waals surface area (Å²) in [4.78, 5) is 20.0. The first-order valence-corrected chi connectivity index (χ1v) is 10.7. The zero-order valence-electron chi connectivity index (χ0n) is 16.8. The van der Waals surface area contributed by atoms with Crippen LogP contribution in [0.5, 0.6) is 0 Å². The lowest BCUT2D eigenvalue weighted by atomic mass is 10.1. The predicted octanol–water partition coefficient (Wildman–Crippen LogP) is 2.95. The summed E-state index contributed by atoms with van der Waals surface area (Å²) in [5.41, 5.74) is 4.81. The Balaban J connectivity index is 1.51. The molecule has 1 amide bonds. The highest BCUT2D eigenvalue weighted by atomic mass is 79.9. The van der Waals surface area contributed by atoms with Gasteiger partial charge in [-0.2, -0.15) is 5.10 Å². The average Bonchev–Trinajstić information content (AvgIpc) is 3.29. The zero-order valence-corrected chi connectivity index (χ0v) is 18.4. The van der Waals surface area contributed by atoms with Gasteiger partial charge in [0.05, 0.1) is 21.4 Å². The third-order valence-electron chi connectivity index (χ3n) is 5.35. The van der Waals surface area contributed by atoms with Crippen molar-refractivity contribution < 1.29 is 4.79 Å². The molecule has 3 aromatic heterocycles. The van der Waals surface area contributed by atoms with E-state index in [1.54, 1.807) is 4.68 Å². The van der Waals surface area contributed by atoms with E-state index < -0.39 is 0 Å². The van der Waals surface area contributed by atoms with E-state index in [2.05, 4.69) is 41.5 Å². The van der Waals surface area contributed by atoms with E-state index in [1.165, 1.54) is 0 Å². The second kappa shape index (κ2) is 7.41. The quantitative estimate of drug-likeness (QED) is 0.484. The zero-order chi connectivity index (χ0) is 20.8. The largest absolute Gasteiger partial charge is 0.368 e. The number of fused-ring (bicyclic) bond motifs is 2. The normalized spacial score (nSPS) is 14.6. The number of pyridine rings is 1. The Bertz CT molecular complexity index is 1270. The van der Waals surface area contributed by atoms with E-state index >= 15 is 0 Å². The molecule has 0 bridgehead atoms. The van der Waals surface area contributed by atoms with Gasteiger partial charge in [-0.3, -0.25) is 9.48 Å². The monoisotopic (exact) mass is 467 g/mol. The van der Waals surface area contributed by atoms with Crippen LogP contribution in [-0.4, -0.2) is 51.3 Å². The Labute approximate surface area is 182 Å². The van der Waals surface area contributed by atoms with Crippen LogP contribution in [0.3, 0.4) is 0 Å². The smallest absolute Gasteiger partial charge is 0.257 e. The number of anilines is 2. The number of rotatable bonds is 3. The van der Waals surface area contributed by atoms with E-state index in [4.69, 9.17) is 0 Å². The number of aromatic nitrogens is 4. The lowest BCUT2D eigenvalue weighted by molar-refractivity contribution is 0.102. The van der Waals surface area contributed by atoms with Gasteiger partial charge in [-0.05, 0) is 41.1 Å². The molecule has 0 aliphatic carbocycles. The first kappa shape index (κ1) is 19.1. The summed E-state index contributed by atoms with van der Waals surface area (Å²) in [6.07, 6.45) is 5.78. The van der Waals surface area contributed by atoms with Crippen molar-refractivity contribution >= 4 is 49.8 Å². The van der Waals surface area contributed by atoms with Crippen LogP contribution < -0.4 is 15.5 Å². The van der Waals surface area contributed by atoms with Crippen molar-refractivity contribution in [3.05, 3.63) is 52.5 Å². The number of carbonyl (C=O) groups is 1. The molecule has 8 nitrogen and oxygen atoms in total. The molecule has 2 N–H and O–H groups in total. The summed E-state index contributed by atoms with van der Waals surface area (Å²) in [5, 5.41) is 12.0. The molecule has 4 aromatic rings. The summed E-state index contributed by atoms with van der Waals surface area (Å²) in [7, 11) is 1.88. The second-order valence-corrected chi connectivity index (χ2v) is 8.43. The molecule has 30 heavy (non-hydrogen) atoms. The molecule has 0 unspecified atom stereocenters. The predicted molar refractivity (Wildman–Crippen MR) is 121 cm³/mol. The average molecular weight is 468 g/mol. The number of aryl methyl sites for hydroxylation is 2. The minimum absolute atomic E-state index is 0.186. The van der Waals surface area contributed by atoms with Gasteiger partial charge in [-0.15, -0.1) is 0 Å². The van der Waals surface area contributed by atoms with Crippen LogP contribution in [-0.2, 0) is 7.05 Å². The summed E-state index contributed by atoms with van der Waals surface area (Å²) in [5.74, 6) is -0.186. The lowest BCUT2D eigenvalue weighted by Gasteiger charge is -2.30. The summed E-state index contributed by atoms with van der Waals surface area (Å²) in [6, 6.07) is 5.77. The third kappa shape index (κ3) is 3.33. The molecule has 9 heteroatoms. The van der Waals surface area contributed by atoms with Crippen molar-refractivity contribution in [3.63, 3.8) is 0 Å². The lowest BCUT2D eigenvalue weighted by Crippen LogP contribution is -2.43. The van der Waals surface area contributed by atoms with Gasteiger partial charge in [0.25, 0.3) is 5.91 Å². The number of piperazine rings is 1. The third-order valence-corrected chi connectivity index (χ3v) is 5.94. The van der Waals surface area contributed by atoms with Crippen molar-refractivity contribution in [1.29, 1.82) is 0 Å². The van der Waals surface area contributed by atoms with Crippen molar-refractivity contribution in [2.24, 2.45) is 7.05 Å². The first-order chi connectivity index (χ1) is 14.5. The Hall–Kier alpha value is -2.91. The van der Waals surface area contributed by atoms with Crippen LogP contribution in [0, 0.1) is 6.92 Å². The number of hydrogen-bond acceptors (Lipinski definition) is 5. The topological polar surface area (TPSA) is 79.5 Å². The highest BCUT2D eigenvalue weighted by molar-refractivity contribution is 9.10. The van der Waals surface area contributed by atoms with Crippen molar-refractivity contribution in [3.8, 4) is 0 Å². The van der Waals surface area contributed by atoms with Crippen LogP contribution in [0.4, 0.5) is 11.4 Å². The van der Waals surface area contributed by atoms with Crippen molar-refractivity contribution in [1.82, 2.24) is 24.5 Å². The van der Waals surface area contributed by atoms with Gasteiger partial charge in [0.2, 0.25) is 0 Å². The molecular weight excluding hydrogens is 446 g/mol. The van der Waals surface area contributed by atoms with Gasteiger partial charge >= 0.3 is 0 Å². The molecule has 0 radical (unpaired) electrons. The molecule has 1 saturated heterocycles. The Morgan fingerprint density at radius 1 is 1.20 bits per heavy atom.